The number of anilines is 1. The predicted octanol–water partition coefficient (Wildman–Crippen LogP) is 3.14. The van der Waals surface area contributed by atoms with Gasteiger partial charge in [-0.1, -0.05) is 13.8 Å². The Balaban J connectivity index is 2.71. The summed E-state index contributed by atoms with van der Waals surface area (Å²) in [6.07, 6.45) is 2.00. The quantitative estimate of drug-likeness (QED) is 0.833. The highest BCUT2D eigenvalue weighted by Gasteiger charge is 2.21. The lowest BCUT2D eigenvalue weighted by atomic mass is 9.96. The summed E-state index contributed by atoms with van der Waals surface area (Å²) in [7, 11) is 0. The molecule has 0 fully saturated rings. The van der Waals surface area contributed by atoms with E-state index in [2.05, 4.69) is 5.32 Å². The molecule has 0 aliphatic carbocycles. The third-order valence-corrected chi connectivity index (χ3v) is 3.19. The number of hydrogen-bond acceptors (Lipinski definition) is 3. The zero-order valence-electron chi connectivity index (χ0n) is 10.2. The van der Waals surface area contributed by atoms with E-state index in [0.717, 1.165) is 10.6 Å². The van der Waals surface area contributed by atoms with Crippen LogP contribution in [0.1, 0.15) is 13.8 Å². The van der Waals surface area contributed by atoms with Gasteiger partial charge in [0.1, 0.15) is 5.92 Å². The normalized spacial score (nSPS) is 11.9. The van der Waals surface area contributed by atoms with Crippen molar-refractivity contribution >= 4 is 23.4 Å². The molecular weight excluding hydrogens is 232 g/mol. The predicted molar refractivity (Wildman–Crippen MR) is 70.8 cm³/mol. The van der Waals surface area contributed by atoms with Crippen molar-refractivity contribution in [3.05, 3.63) is 24.3 Å². The molecule has 0 bridgehead atoms. The number of nitrogens with one attached hydrogen (secondary N) is 1. The lowest BCUT2D eigenvalue weighted by Crippen LogP contribution is -2.25. The zero-order valence-corrected chi connectivity index (χ0v) is 11.0. The number of thioether (sulfide) groups is 1. The number of amides is 1. The van der Waals surface area contributed by atoms with Crippen LogP contribution in [-0.4, -0.2) is 12.2 Å². The molecule has 0 aliphatic rings. The van der Waals surface area contributed by atoms with Crippen LogP contribution in [0, 0.1) is 23.2 Å². The Kier molecular flexibility index (Phi) is 5.05. The summed E-state index contributed by atoms with van der Waals surface area (Å²) in [6.45, 7) is 3.73. The van der Waals surface area contributed by atoms with E-state index in [9.17, 15) is 4.79 Å². The highest BCUT2D eigenvalue weighted by atomic mass is 32.2. The average Bonchev–Trinajstić information content (AvgIpc) is 2.30. The van der Waals surface area contributed by atoms with E-state index in [0.29, 0.717) is 0 Å². The molecule has 1 rings (SSSR count). The van der Waals surface area contributed by atoms with Crippen LogP contribution in [0.3, 0.4) is 0 Å². The number of nitrogens with zero attached hydrogens (tertiary/aromatic N) is 1. The molecule has 0 spiro atoms. The fourth-order valence-corrected chi connectivity index (χ4v) is 1.81. The van der Waals surface area contributed by atoms with Gasteiger partial charge in [-0.25, -0.2) is 0 Å². The topological polar surface area (TPSA) is 52.9 Å². The second-order valence-corrected chi connectivity index (χ2v) is 4.95. The summed E-state index contributed by atoms with van der Waals surface area (Å²) in [4.78, 5) is 12.9. The van der Waals surface area contributed by atoms with Crippen LogP contribution in [0.2, 0.25) is 0 Å². The number of hydrogen-bond donors (Lipinski definition) is 1. The summed E-state index contributed by atoms with van der Waals surface area (Å²) >= 11 is 1.65. The highest BCUT2D eigenvalue weighted by molar-refractivity contribution is 7.98. The lowest BCUT2D eigenvalue weighted by Gasteiger charge is -2.13. The van der Waals surface area contributed by atoms with E-state index >= 15 is 0 Å². The van der Waals surface area contributed by atoms with E-state index in [1.54, 1.807) is 11.8 Å². The van der Waals surface area contributed by atoms with Gasteiger partial charge in [0.25, 0.3) is 0 Å². The van der Waals surface area contributed by atoms with Crippen LogP contribution in [0.15, 0.2) is 29.2 Å². The van der Waals surface area contributed by atoms with Gasteiger partial charge in [-0.05, 0) is 36.4 Å². The third-order valence-electron chi connectivity index (χ3n) is 2.45. The summed E-state index contributed by atoms with van der Waals surface area (Å²) in [5, 5.41) is 11.7. The van der Waals surface area contributed by atoms with Gasteiger partial charge in [0.2, 0.25) is 5.91 Å². The van der Waals surface area contributed by atoms with Crippen molar-refractivity contribution in [2.75, 3.05) is 11.6 Å². The number of rotatable bonds is 4. The number of carbonyl (C=O) groups is 1. The van der Waals surface area contributed by atoms with Crippen molar-refractivity contribution in [3.8, 4) is 6.07 Å². The number of carbonyl (C=O) groups excluding carboxylic acids is 1. The largest absolute Gasteiger partial charge is 0.325 e. The van der Waals surface area contributed by atoms with E-state index in [1.165, 1.54) is 0 Å². The molecular formula is C13H16N2OS. The smallest absolute Gasteiger partial charge is 0.241 e. The Hall–Kier alpha value is -1.47. The molecule has 0 saturated heterocycles. The van der Waals surface area contributed by atoms with Gasteiger partial charge in [0, 0.05) is 10.6 Å². The molecule has 1 aromatic carbocycles. The summed E-state index contributed by atoms with van der Waals surface area (Å²) in [5.74, 6) is -0.819. The first-order chi connectivity index (χ1) is 8.08. The second kappa shape index (κ2) is 6.31. The van der Waals surface area contributed by atoms with Crippen molar-refractivity contribution < 1.29 is 4.79 Å². The zero-order chi connectivity index (χ0) is 12.8. The number of benzene rings is 1. The minimum absolute atomic E-state index is 0.0190. The van der Waals surface area contributed by atoms with Crippen LogP contribution < -0.4 is 5.32 Å². The molecule has 0 saturated carbocycles. The van der Waals surface area contributed by atoms with Gasteiger partial charge in [-0.2, -0.15) is 5.26 Å². The van der Waals surface area contributed by atoms with Crippen LogP contribution in [0.4, 0.5) is 5.69 Å². The molecule has 1 aromatic rings. The standard InChI is InChI=1S/C13H16N2OS/c1-9(2)12(8-14)13(16)15-10-4-6-11(17-3)7-5-10/h4-7,9,12H,1-3H3,(H,15,16). The van der Waals surface area contributed by atoms with Crippen LogP contribution >= 0.6 is 11.8 Å². The van der Waals surface area contributed by atoms with Crippen LogP contribution in [0.25, 0.3) is 0 Å². The van der Waals surface area contributed by atoms with Gasteiger partial charge in [-0.3, -0.25) is 4.79 Å². The van der Waals surface area contributed by atoms with E-state index in [1.807, 2.05) is 50.4 Å². The maximum atomic E-state index is 11.8. The van der Waals surface area contributed by atoms with Crippen molar-refractivity contribution in [3.63, 3.8) is 0 Å². The number of nitriles is 1. The Morgan fingerprint density at radius 1 is 1.35 bits per heavy atom. The maximum absolute atomic E-state index is 11.8. The molecule has 0 aromatic heterocycles. The van der Waals surface area contributed by atoms with Gasteiger partial charge >= 0.3 is 0 Å². The van der Waals surface area contributed by atoms with Gasteiger partial charge in [-0.15, -0.1) is 11.8 Å². The van der Waals surface area contributed by atoms with E-state index < -0.39 is 5.92 Å². The average molecular weight is 248 g/mol. The highest BCUT2D eigenvalue weighted by Crippen LogP contribution is 2.19. The minimum Gasteiger partial charge on any atom is -0.325 e. The minimum atomic E-state index is -0.602. The van der Waals surface area contributed by atoms with Crippen molar-refractivity contribution in [1.82, 2.24) is 0 Å². The first-order valence-corrected chi connectivity index (χ1v) is 6.65. The Morgan fingerprint density at radius 2 is 1.94 bits per heavy atom. The monoisotopic (exact) mass is 248 g/mol. The Morgan fingerprint density at radius 3 is 2.35 bits per heavy atom. The molecule has 17 heavy (non-hydrogen) atoms. The SMILES string of the molecule is CSc1ccc(NC(=O)C(C#N)C(C)C)cc1. The Labute approximate surface area is 106 Å². The van der Waals surface area contributed by atoms with Crippen molar-refractivity contribution in [1.29, 1.82) is 5.26 Å². The summed E-state index contributed by atoms with van der Waals surface area (Å²) < 4.78 is 0. The first-order valence-electron chi connectivity index (χ1n) is 5.43. The first kappa shape index (κ1) is 13.6. The fraction of sp³-hybridized carbons (Fsp3) is 0.385. The van der Waals surface area contributed by atoms with E-state index in [4.69, 9.17) is 5.26 Å². The van der Waals surface area contributed by atoms with Gasteiger partial charge in [0.05, 0.1) is 6.07 Å². The van der Waals surface area contributed by atoms with Crippen LogP contribution in [-0.2, 0) is 4.79 Å². The molecule has 1 N–H and O–H groups in total. The Bertz CT molecular complexity index is 420. The lowest BCUT2D eigenvalue weighted by molar-refractivity contribution is -0.119. The summed E-state index contributed by atoms with van der Waals surface area (Å²) in [5.41, 5.74) is 0.730. The van der Waals surface area contributed by atoms with Gasteiger partial charge < -0.3 is 5.32 Å². The maximum Gasteiger partial charge on any atom is 0.241 e. The third kappa shape index (κ3) is 3.79. The van der Waals surface area contributed by atoms with Gasteiger partial charge in [0.15, 0.2) is 0 Å². The fourth-order valence-electron chi connectivity index (χ4n) is 1.40. The molecule has 90 valence electrons. The van der Waals surface area contributed by atoms with E-state index in [-0.39, 0.29) is 11.8 Å². The molecule has 4 heteroatoms. The van der Waals surface area contributed by atoms with Crippen molar-refractivity contribution in [2.24, 2.45) is 11.8 Å². The molecule has 1 unspecified atom stereocenters. The molecule has 0 radical (unpaired) electrons. The second-order valence-electron chi connectivity index (χ2n) is 4.07. The molecule has 0 heterocycles. The molecule has 1 amide bonds. The van der Waals surface area contributed by atoms with Crippen LogP contribution in [0.5, 0.6) is 0 Å². The molecule has 0 aliphatic heterocycles. The molecule has 3 nitrogen and oxygen atoms in total. The summed E-state index contributed by atoms with van der Waals surface area (Å²) in [6, 6.07) is 9.60. The van der Waals surface area contributed by atoms with Crippen molar-refractivity contribution in [2.45, 2.75) is 18.7 Å². The molecule has 1 atom stereocenters.